The molecule has 230 valence electrons. The Hall–Kier alpha value is -3.85. The Morgan fingerprint density at radius 2 is 1.51 bits per heavy atom. The minimum absolute atomic E-state index is 0.108. The first-order chi connectivity index (χ1) is 21.8. The molecule has 0 bridgehead atoms. The highest BCUT2D eigenvalue weighted by Gasteiger charge is 2.74. The van der Waals surface area contributed by atoms with Crippen LogP contribution < -0.4 is 4.90 Å². The van der Waals surface area contributed by atoms with Crippen molar-refractivity contribution in [3.63, 3.8) is 0 Å². The normalized spacial score (nSPS) is 29.7. The van der Waals surface area contributed by atoms with Gasteiger partial charge in [-0.3, -0.25) is 14.4 Å². The molecule has 3 amide bonds. The molecule has 6 atom stereocenters. The van der Waals surface area contributed by atoms with Crippen LogP contribution in [0.15, 0.2) is 109 Å². The van der Waals surface area contributed by atoms with Crippen LogP contribution in [0.3, 0.4) is 0 Å². The molecule has 0 radical (unpaired) electrons. The Bertz CT molecular complexity index is 1700. The number of halogens is 1. The average Bonchev–Trinajstić information content (AvgIpc) is 3.32. The van der Waals surface area contributed by atoms with E-state index in [2.05, 4.69) is 6.08 Å². The monoisotopic (exact) mass is 639 g/mol. The number of thioether (sulfide) groups is 1. The quantitative estimate of drug-likeness (QED) is 0.372. The number of benzene rings is 3. The van der Waals surface area contributed by atoms with Crippen molar-refractivity contribution in [1.29, 1.82) is 0 Å². The van der Waals surface area contributed by atoms with Crippen molar-refractivity contribution in [3.05, 3.63) is 125 Å². The maximum atomic E-state index is 15.0. The third-order valence-corrected chi connectivity index (χ3v) is 11.7. The van der Waals surface area contributed by atoms with Crippen molar-refractivity contribution in [2.45, 2.75) is 35.0 Å². The number of fused-ring (bicyclic) bond motifs is 2. The first-order valence-electron chi connectivity index (χ1n) is 15.2. The summed E-state index contributed by atoms with van der Waals surface area (Å²) in [4.78, 5) is 49.5. The molecule has 2 saturated heterocycles. The highest BCUT2D eigenvalue weighted by molar-refractivity contribution is 8.02. The molecule has 1 N–H and O–H groups in total. The second-order valence-electron chi connectivity index (χ2n) is 12.3. The van der Waals surface area contributed by atoms with Gasteiger partial charge in [0.15, 0.2) is 0 Å². The molecule has 4 heterocycles. The van der Waals surface area contributed by atoms with Crippen LogP contribution in [0.4, 0.5) is 5.69 Å². The summed E-state index contributed by atoms with van der Waals surface area (Å²) in [5.41, 5.74) is 2.28. The number of hydrogen-bond donors (Lipinski definition) is 1. The molecule has 4 aliphatic heterocycles. The highest BCUT2D eigenvalue weighted by Crippen LogP contribution is 2.66. The van der Waals surface area contributed by atoms with E-state index >= 15 is 0 Å². The number of hydrogen-bond acceptors (Lipinski definition) is 5. The Morgan fingerprint density at radius 3 is 2.22 bits per heavy atom. The minimum Gasteiger partial charge on any atom is -0.394 e. The minimum atomic E-state index is -1.05. The molecule has 3 aromatic rings. The topological polar surface area (TPSA) is 81.2 Å². The molecular formula is C36H34ClN3O4S. The fraction of sp³-hybridized carbons (Fsp3) is 0.306. The lowest BCUT2D eigenvalue weighted by Crippen LogP contribution is -2.54. The molecule has 2 fully saturated rings. The lowest BCUT2D eigenvalue weighted by atomic mass is 9.74. The van der Waals surface area contributed by atoms with E-state index in [1.807, 2.05) is 103 Å². The smallest absolute Gasteiger partial charge is 0.251 e. The van der Waals surface area contributed by atoms with Crippen LogP contribution in [-0.4, -0.2) is 67.9 Å². The van der Waals surface area contributed by atoms with E-state index in [0.29, 0.717) is 23.8 Å². The van der Waals surface area contributed by atoms with E-state index in [-0.39, 0.29) is 30.9 Å². The summed E-state index contributed by atoms with van der Waals surface area (Å²) in [7, 11) is 0. The number of nitrogens with zero attached hydrogens (tertiary/aromatic N) is 3. The largest absolute Gasteiger partial charge is 0.394 e. The number of para-hydroxylation sites is 1. The van der Waals surface area contributed by atoms with Gasteiger partial charge in [-0.05, 0) is 30.2 Å². The number of rotatable bonds is 6. The third-order valence-electron chi connectivity index (χ3n) is 9.63. The van der Waals surface area contributed by atoms with Crippen molar-refractivity contribution >= 4 is 46.8 Å². The van der Waals surface area contributed by atoms with Crippen molar-refractivity contribution in [2.24, 2.45) is 11.8 Å². The van der Waals surface area contributed by atoms with Gasteiger partial charge in [-0.2, -0.15) is 0 Å². The van der Waals surface area contributed by atoms with Crippen LogP contribution in [0.2, 0.25) is 5.02 Å². The molecule has 1 spiro atoms. The zero-order valence-corrected chi connectivity index (χ0v) is 26.4. The van der Waals surface area contributed by atoms with Crippen LogP contribution in [0.1, 0.15) is 24.1 Å². The van der Waals surface area contributed by atoms with Crippen LogP contribution in [-0.2, 0) is 20.9 Å². The lowest BCUT2D eigenvalue weighted by molar-refractivity contribution is -0.145. The standard InChI is InChI=1S/C36H34ClN3O4S/c1-35-18-10-20-38(22-24-12-4-2-5-13-24)32(42)29(35)30-33(43)40(28(23-41)25-14-6-3-7-15-25)31-34(44)39(21-11-19-36(30,31)45-35)27-17-9-8-16-26(27)37/h2-19,28-31,41H,20-23H2,1H3/t28-,29-,30+,31?,35+,36+/m1/s1. The number of aliphatic hydroxyl groups excluding tert-OH is 1. The second kappa shape index (κ2) is 11.5. The van der Waals surface area contributed by atoms with Gasteiger partial charge in [0.05, 0.1) is 39.9 Å². The second-order valence-corrected chi connectivity index (χ2v) is 14.5. The fourth-order valence-electron chi connectivity index (χ4n) is 7.71. The molecule has 0 saturated carbocycles. The molecule has 3 aromatic carbocycles. The van der Waals surface area contributed by atoms with Gasteiger partial charge < -0.3 is 19.8 Å². The molecule has 0 aliphatic carbocycles. The van der Waals surface area contributed by atoms with E-state index < -0.39 is 33.4 Å². The van der Waals surface area contributed by atoms with Crippen molar-refractivity contribution < 1.29 is 19.5 Å². The maximum Gasteiger partial charge on any atom is 0.251 e. The fourth-order valence-corrected chi connectivity index (χ4v) is 10.1. The molecule has 4 aliphatic rings. The lowest BCUT2D eigenvalue weighted by Gasteiger charge is -2.40. The number of aliphatic hydroxyl groups is 1. The number of anilines is 1. The van der Waals surface area contributed by atoms with E-state index in [4.69, 9.17) is 11.6 Å². The van der Waals surface area contributed by atoms with Crippen LogP contribution in [0, 0.1) is 11.8 Å². The SMILES string of the molecule is C[C@]12C=CCN(Cc3ccccc3)C(=O)[C@H]1[C@H]1C(=O)N([C@H](CO)c3ccccc3)C3C(=O)N(c4ccccc4Cl)CC=C[C@@]31S2. The Morgan fingerprint density at radius 1 is 0.844 bits per heavy atom. The summed E-state index contributed by atoms with van der Waals surface area (Å²) in [6.07, 6.45) is 7.99. The van der Waals surface area contributed by atoms with Gasteiger partial charge >= 0.3 is 0 Å². The van der Waals surface area contributed by atoms with Crippen LogP contribution >= 0.6 is 23.4 Å². The molecule has 9 heteroatoms. The van der Waals surface area contributed by atoms with Gasteiger partial charge in [0.2, 0.25) is 11.8 Å². The van der Waals surface area contributed by atoms with E-state index in [1.165, 1.54) is 11.8 Å². The van der Waals surface area contributed by atoms with Gasteiger partial charge in [0, 0.05) is 24.4 Å². The average molecular weight is 640 g/mol. The molecular weight excluding hydrogens is 606 g/mol. The van der Waals surface area contributed by atoms with Crippen molar-refractivity contribution in [1.82, 2.24) is 9.80 Å². The first-order valence-corrected chi connectivity index (χ1v) is 16.4. The Labute approximate surface area is 272 Å². The van der Waals surface area contributed by atoms with Crippen molar-refractivity contribution in [3.8, 4) is 0 Å². The van der Waals surface area contributed by atoms with Gasteiger partial charge in [0.25, 0.3) is 5.91 Å². The molecule has 7 rings (SSSR count). The summed E-state index contributed by atoms with van der Waals surface area (Å²) in [6, 6.07) is 24.5. The van der Waals surface area contributed by atoms with Gasteiger partial charge in [-0.15, -0.1) is 11.8 Å². The summed E-state index contributed by atoms with van der Waals surface area (Å²) in [5, 5.41) is 11.3. The zero-order chi connectivity index (χ0) is 31.3. The zero-order valence-electron chi connectivity index (χ0n) is 24.8. The molecule has 45 heavy (non-hydrogen) atoms. The predicted octanol–water partition coefficient (Wildman–Crippen LogP) is 5.26. The van der Waals surface area contributed by atoms with Crippen molar-refractivity contribution in [2.75, 3.05) is 24.6 Å². The summed E-state index contributed by atoms with van der Waals surface area (Å²) in [5.74, 6) is -2.24. The summed E-state index contributed by atoms with van der Waals surface area (Å²) in [6.45, 7) is 2.75. The molecule has 1 unspecified atom stereocenters. The summed E-state index contributed by atoms with van der Waals surface area (Å²) < 4.78 is -1.79. The van der Waals surface area contributed by atoms with Crippen LogP contribution in [0.25, 0.3) is 0 Å². The summed E-state index contributed by atoms with van der Waals surface area (Å²) >= 11 is 8.15. The Balaban J connectivity index is 1.37. The number of carbonyl (C=O) groups excluding carboxylic acids is 3. The Kier molecular flexibility index (Phi) is 7.63. The van der Waals surface area contributed by atoms with Gasteiger partial charge in [0.1, 0.15) is 6.04 Å². The van der Waals surface area contributed by atoms with E-state index in [1.54, 1.807) is 21.9 Å². The predicted molar refractivity (Wildman–Crippen MR) is 177 cm³/mol. The number of carbonyl (C=O) groups is 3. The van der Waals surface area contributed by atoms with Crippen LogP contribution in [0.5, 0.6) is 0 Å². The first kappa shape index (κ1) is 29.8. The van der Waals surface area contributed by atoms with E-state index in [9.17, 15) is 19.5 Å². The maximum absolute atomic E-state index is 15.0. The van der Waals surface area contributed by atoms with E-state index in [0.717, 1.165) is 11.1 Å². The van der Waals surface area contributed by atoms with Gasteiger partial charge in [-0.25, -0.2) is 0 Å². The van der Waals surface area contributed by atoms with Gasteiger partial charge in [-0.1, -0.05) is 109 Å². The number of likely N-dealkylation sites (tertiary alicyclic amines) is 1. The third kappa shape index (κ3) is 4.73. The number of amides is 3. The molecule has 7 nitrogen and oxygen atoms in total. The highest BCUT2D eigenvalue weighted by atomic mass is 35.5. The molecule has 0 aromatic heterocycles.